The van der Waals surface area contributed by atoms with Crippen molar-refractivity contribution in [3.8, 4) is 22.5 Å². The van der Waals surface area contributed by atoms with Gasteiger partial charge in [0.1, 0.15) is 5.82 Å². The number of ketones is 1. The summed E-state index contributed by atoms with van der Waals surface area (Å²) in [5.41, 5.74) is 8.19. The number of carboxylic acid groups (broad SMARTS) is 1. The smallest absolute Gasteiger partial charge is 0.335 e. The van der Waals surface area contributed by atoms with Gasteiger partial charge in [0.15, 0.2) is 5.78 Å². The number of nitrogens with zero attached hydrogens (tertiary/aromatic N) is 2. The molecule has 48 heavy (non-hydrogen) atoms. The lowest BCUT2D eigenvalue weighted by Crippen LogP contribution is -2.24. The van der Waals surface area contributed by atoms with Crippen LogP contribution >= 0.6 is 11.6 Å². The highest BCUT2D eigenvalue weighted by Crippen LogP contribution is 2.37. The topological polar surface area (TPSA) is 92.4 Å². The van der Waals surface area contributed by atoms with Crippen LogP contribution in [0.3, 0.4) is 0 Å². The minimum atomic E-state index is -0.946. The van der Waals surface area contributed by atoms with Gasteiger partial charge in [-0.3, -0.25) is 4.79 Å². The number of aliphatic hydroxyl groups is 1. The molecular weight excluding hydrogens is 620 g/mol. The fourth-order valence-corrected chi connectivity index (χ4v) is 7.81. The molecule has 0 atom stereocenters. The number of aryl methyl sites for hydroxylation is 2. The van der Waals surface area contributed by atoms with Crippen molar-refractivity contribution < 1.29 is 19.8 Å². The van der Waals surface area contributed by atoms with E-state index in [1.165, 1.54) is 24.8 Å². The second-order valence-corrected chi connectivity index (χ2v) is 14.0. The number of aliphatic hydroxyl groups excluding tert-OH is 1. The number of fused-ring (bicyclic) bond motifs is 1. The quantitative estimate of drug-likeness (QED) is 0.154. The summed E-state index contributed by atoms with van der Waals surface area (Å²) in [4.78, 5) is 30.2. The molecule has 0 unspecified atom stereocenters. The normalized spacial score (nSPS) is 18.6. The van der Waals surface area contributed by atoms with E-state index in [2.05, 4.69) is 41.0 Å². The molecule has 6 nitrogen and oxygen atoms in total. The van der Waals surface area contributed by atoms with Crippen LogP contribution in [0, 0.1) is 5.92 Å². The third-order valence-electron chi connectivity index (χ3n) is 10.4. The second-order valence-electron chi connectivity index (χ2n) is 13.6. The van der Waals surface area contributed by atoms with E-state index in [0.29, 0.717) is 29.4 Å². The van der Waals surface area contributed by atoms with Gasteiger partial charge in [-0.15, -0.1) is 0 Å². The zero-order valence-electron chi connectivity index (χ0n) is 27.1. The van der Waals surface area contributed by atoms with Crippen LogP contribution in [0.5, 0.6) is 0 Å². The van der Waals surface area contributed by atoms with Crippen LogP contribution in [0.15, 0.2) is 84.9 Å². The van der Waals surface area contributed by atoms with Gasteiger partial charge in [0.25, 0.3) is 0 Å². The molecule has 0 amide bonds. The molecule has 5 aromatic rings. The van der Waals surface area contributed by atoms with Crippen LogP contribution < -0.4 is 0 Å². The number of imidazole rings is 1. The zero-order valence-corrected chi connectivity index (χ0v) is 27.8. The van der Waals surface area contributed by atoms with Crippen LogP contribution in [0.1, 0.15) is 95.7 Å². The summed E-state index contributed by atoms with van der Waals surface area (Å²) < 4.78 is 2.34. The highest BCUT2D eigenvalue weighted by atomic mass is 35.5. The molecule has 4 aromatic carbocycles. The Balaban J connectivity index is 1.16. The Kier molecular flexibility index (Phi) is 9.47. The fourth-order valence-electron chi connectivity index (χ4n) is 7.68. The van der Waals surface area contributed by atoms with Crippen molar-refractivity contribution >= 4 is 34.4 Å². The number of rotatable bonds is 9. The lowest BCUT2D eigenvalue weighted by molar-refractivity contribution is 0.0695. The number of hydrogen-bond donors (Lipinski definition) is 2. The summed E-state index contributed by atoms with van der Waals surface area (Å²) in [7, 11) is 0. The Hall–Kier alpha value is -4.26. The van der Waals surface area contributed by atoms with Gasteiger partial charge in [0.2, 0.25) is 0 Å². The number of carbonyl (C=O) groups excluding carboxylic acids is 1. The lowest BCUT2D eigenvalue weighted by Gasteiger charge is -2.25. The molecule has 2 saturated carbocycles. The monoisotopic (exact) mass is 660 g/mol. The average molecular weight is 661 g/mol. The van der Waals surface area contributed by atoms with Crippen molar-refractivity contribution in [2.75, 3.05) is 0 Å². The van der Waals surface area contributed by atoms with E-state index < -0.39 is 5.97 Å². The predicted molar refractivity (Wildman–Crippen MR) is 191 cm³/mol. The van der Waals surface area contributed by atoms with Crippen LogP contribution in [0.2, 0.25) is 5.02 Å². The molecule has 1 heterocycles. The van der Waals surface area contributed by atoms with Crippen LogP contribution in [0.4, 0.5) is 0 Å². The third kappa shape index (κ3) is 6.83. The second kappa shape index (κ2) is 14.1. The lowest BCUT2D eigenvalue weighted by atomic mass is 9.81. The number of Topliss-reactive ketones (excluding diaryl/α,β-unsaturated/α-hetero) is 1. The van der Waals surface area contributed by atoms with Crippen LogP contribution in [-0.4, -0.2) is 37.6 Å². The average Bonchev–Trinajstić information content (AvgIpc) is 3.50. The first-order valence-electron chi connectivity index (χ1n) is 17.3. The van der Waals surface area contributed by atoms with Gasteiger partial charge >= 0.3 is 5.97 Å². The molecule has 0 spiro atoms. The molecule has 7 rings (SSSR count). The number of aromatic carboxylic acids is 1. The number of benzene rings is 4. The minimum Gasteiger partial charge on any atom is -0.478 e. The molecule has 0 saturated heterocycles. The molecule has 246 valence electrons. The number of carbonyl (C=O) groups is 2. The van der Waals surface area contributed by atoms with E-state index in [1.807, 2.05) is 36.4 Å². The van der Waals surface area contributed by atoms with Crippen molar-refractivity contribution in [1.29, 1.82) is 0 Å². The summed E-state index contributed by atoms with van der Waals surface area (Å²) in [6, 6.07) is 28.1. The van der Waals surface area contributed by atoms with E-state index in [1.54, 1.807) is 12.1 Å². The van der Waals surface area contributed by atoms with Crippen molar-refractivity contribution in [1.82, 2.24) is 9.55 Å². The molecule has 2 fully saturated rings. The zero-order chi connectivity index (χ0) is 33.2. The fraction of sp³-hybridized carbons (Fsp3) is 0.341. The third-order valence-corrected chi connectivity index (χ3v) is 10.6. The van der Waals surface area contributed by atoms with Gasteiger partial charge in [-0.05, 0) is 110 Å². The first-order valence-corrected chi connectivity index (χ1v) is 17.7. The van der Waals surface area contributed by atoms with Crippen molar-refractivity contribution in [3.05, 3.63) is 112 Å². The largest absolute Gasteiger partial charge is 0.478 e. The molecule has 2 N–H and O–H groups in total. The Morgan fingerprint density at radius 1 is 0.750 bits per heavy atom. The number of hydrogen-bond acceptors (Lipinski definition) is 4. The maximum absolute atomic E-state index is 13.5. The standard InChI is InChI=1S/C41H41ClN2O4/c42-33-18-12-27(13-19-33)36-22-16-31(39(46)28-14-20-35(45)21-15-28)24-30(36)11-8-26-6-9-29(10-7-26)40-43-37-25-32(41(47)48)17-23-38(37)44(40)34-4-2-1-3-5-34/h6-7,9-10,12-13,16-19,22-25,28,34-35,45H,1-5,8,11,14-15,20-21H2,(H,47,48). The summed E-state index contributed by atoms with van der Waals surface area (Å²) >= 11 is 6.20. The van der Waals surface area contributed by atoms with Gasteiger partial charge in [0, 0.05) is 28.1 Å². The van der Waals surface area contributed by atoms with Crippen molar-refractivity contribution in [2.24, 2.45) is 5.92 Å². The highest BCUT2D eigenvalue weighted by molar-refractivity contribution is 6.30. The molecule has 0 bridgehead atoms. The Bertz CT molecular complexity index is 1930. The van der Waals surface area contributed by atoms with E-state index in [-0.39, 0.29) is 23.4 Å². The predicted octanol–water partition coefficient (Wildman–Crippen LogP) is 9.75. The molecule has 0 radical (unpaired) electrons. The van der Waals surface area contributed by atoms with Crippen molar-refractivity contribution in [2.45, 2.75) is 82.8 Å². The van der Waals surface area contributed by atoms with Gasteiger partial charge in [-0.2, -0.15) is 0 Å². The van der Waals surface area contributed by atoms with Crippen molar-refractivity contribution in [3.63, 3.8) is 0 Å². The molecule has 7 heteroatoms. The molecule has 2 aliphatic carbocycles. The van der Waals surface area contributed by atoms with Gasteiger partial charge < -0.3 is 14.8 Å². The first kappa shape index (κ1) is 32.3. The number of carboxylic acids is 1. The molecule has 2 aliphatic rings. The van der Waals surface area contributed by atoms with E-state index in [9.17, 15) is 19.8 Å². The Labute approximate surface area is 286 Å². The van der Waals surface area contributed by atoms with E-state index in [0.717, 1.165) is 77.7 Å². The van der Waals surface area contributed by atoms with E-state index >= 15 is 0 Å². The number of aromatic nitrogens is 2. The summed E-state index contributed by atoms with van der Waals surface area (Å²) in [5, 5.41) is 20.2. The Morgan fingerprint density at radius 3 is 2.15 bits per heavy atom. The van der Waals surface area contributed by atoms with Gasteiger partial charge in [-0.25, -0.2) is 9.78 Å². The minimum absolute atomic E-state index is 0.0382. The van der Waals surface area contributed by atoms with Gasteiger partial charge in [0.05, 0.1) is 22.7 Å². The Morgan fingerprint density at radius 2 is 1.44 bits per heavy atom. The summed E-state index contributed by atoms with van der Waals surface area (Å²) in [6.45, 7) is 0. The first-order chi connectivity index (χ1) is 23.3. The van der Waals surface area contributed by atoms with Gasteiger partial charge in [-0.1, -0.05) is 79.4 Å². The number of halogens is 1. The molecule has 0 aliphatic heterocycles. The summed E-state index contributed by atoms with van der Waals surface area (Å²) in [6.07, 6.45) is 9.91. The van der Waals surface area contributed by atoms with E-state index in [4.69, 9.17) is 16.6 Å². The molecular formula is C41H41ClN2O4. The SMILES string of the molecule is O=C(O)c1ccc2c(c1)nc(-c1ccc(CCc3cc(C(=O)C4CCC(O)CC4)ccc3-c3ccc(Cl)cc3)cc1)n2C1CCCCC1. The maximum atomic E-state index is 13.5. The van der Waals surface area contributed by atoms with Crippen LogP contribution in [0.25, 0.3) is 33.5 Å². The van der Waals surface area contributed by atoms with Crippen LogP contribution in [-0.2, 0) is 12.8 Å². The molecule has 1 aromatic heterocycles. The summed E-state index contributed by atoms with van der Waals surface area (Å²) in [5.74, 6) is 0.0746. The maximum Gasteiger partial charge on any atom is 0.335 e. The highest BCUT2D eigenvalue weighted by Gasteiger charge is 2.27.